The number of benzene rings is 2. The van der Waals surface area contributed by atoms with Crippen molar-refractivity contribution in [1.29, 1.82) is 0 Å². The molecule has 0 radical (unpaired) electrons. The molecule has 0 aliphatic carbocycles. The minimum Gasteiger partial charge on any atom is -0.412 e. The number of aryl methyl sites for hydroxylation is 1. The van der Waals surface area contributed by atoms with E-state index in [2.05, 4.69) is 24.1 Å². The highest BCUT2D eigenvalue weighted by Gasteiger charge is 2.08. The summed E-state index contributed by atoms with van der Waals surface area (Å²) in [6.45, 7) is 2.08. The Hall–Kier alpha value is -2.20. The third kappa shape index (κ3) is 4.40. The lowest BCUT2D eigenvalue weighted by molar-refractivity contribution is 0.587. The van der Waals surface area contributed by atoms with Gasteiger partial charge in [0.25, 0.3) is 0 Å². The Morgan fingerprint density at radius 2 is 1.59 bits per heavy atom. The van der Waals surface area contributed by atoms with Crippen LogP contribution in [0.3, 0.4) is 0 Å². The van der Waals surface area contributed by atoms with Crippen LogP contribution in [0, 0.1) is 11.6 Å². The van der Waals surface area contributed by atoms with E-state index in [0.717, 1.165) is 12.0 Å². The summed E-state index contributed by atoms with van der Waals surface area (Å²) >= 11 is 4.36. The van der Waals surface area contributed by atoms with Crippen molar-refractivity contribution in [2.45, 2.75) is 13.3 Å². The van der Waals surface area contributed by atoms with Gasteiger partial charge in [0.1, 0.15) is 5.69 Å². The van der Waals surface area contributed by atoms with Crippen LogP contribution in [-0.4, -0.2) is 10.6 Å². The van der Waals surface area contributed by atoms with Gasteiger partial charge in [0.05, 0.1) is 5.16 Å². The minimum atomic E-state index is -0.756. The van der Waals surface area contributed by atoms with Crippen molar-refractivity contribution in [3.63, 3.8) is 0 Å². The number of hydrogen-bond donors (Lipinski definition) is 0. The molecule has 0 aliphatic rings. The van der Waals surface area contributed by atoms with E-state index < -0.39 is 17.3 Å². The predicted octanol–water partition coefficient (Wildman–Crippen LogP) is 4.61. The second kappa shape index (κ2) is 8.29. The Morgan fingerprint density at radius 1 is 1.05 bits per heavy atom. The van der Waals surface area contributed by atoms with Gasteiger partial charge in [-0.05, 0) is 47.5 Å². The summed E-state index contributed by atoms with van der Waals surface area (Å²) in [6.07, 6.45) is 4.43. The quantitative estimate of drug-likeness (QED) is 0.461. The number of thiocarbonyl (C=S) groups is 1. The summed E-state index contributed by atoms with van der Waals surface area (Å²) in [5.74, 6) is -1.51. The molecular weight excluding hydrogens is 304 g/mol. The van der Waals surface area contributed by atoms with Gasteiger partial charge in [0.15, 0.2) is 11.6 Å². The molecule has 0 saturated heterocycles. The Kier molecular flexibility index (Phi) is 6.73. The van der Waals surface area contributed by atoms with Crippen LogP contribution in [0.2, 0.25) is 0 Å². The van der Waals surface area contributed by atoms with Crippen molar-refractivity contribution >= 4 is 35.2 Å². The smallest absolute Gasteiger partial charge is 0.153 e. The molecule has 0 atom stereocenters. The number of aliphatic imine (C=N–C) groups is 1. The average Bonchev–Trinajstić information content (AvgIpc) is 2.49. The van der Waals surface area contributed by atoms with Crippen LogP contribution in [0.4, 0.5) is 14.5 Å². The Morgan fingerprint density at radius 3 is 2.09 bits per heavy atom. The molecule has 2 rings (SSSR count). The zero-order chi connectivity index (χ0) is 15.2. The lowest BCUT2D eigenvalue weighted by Crippen LogP contribution is -1.85. The van der Waals surface area contributed by atoms with Gasteiger partial charge in [0.2, 0.25) is 0 Å². The van der Waals surface area contributed by atoms with Gasteiger partial charge in [-0.15, -0.1) is 0 Å². The zero-order valence-electron chi connectivity index (χ0n) is 11.9. The van der Waals surface area contributed by atoms with Gasteiger partial charge in [-0.25, -0.2) is 8.78 Å². The fourth-order valence-corrected chi connectivity index (χ4v) is 1.98. The fourth-order valence-electron chi connectivity index (χ4n) is 1.89. The molecule has 0 fully saturated rings. The third-order valence-corrected chi connectivity index (χ3v) is 3.14. The van der Waals surface area contributed by atoms with Crippen molar-refractivity contribution < 1.29 is 14.3 Å². The Labute approximate surface area is 133 Å². The lowest BCUT2D eigenvalue weighted by Gasteiger charge is -2.01. The molecular formula is C17H15F2NOS. The maximum Gasteiger partial charge on any atom is 0.153 e. The largest absolute Gasteiger partial charge is 0.412 e. The molecule has 2 aromatic rings. The van der Waals surface area contributed by atoms with Crippen LogP contribution in [0.1, 0.15) is 23.6 Å². The van der Waals surface area contributed by atoms with E-state index in [1.165, 1.54) is 17.7 Å². The lowest BCUT2D eigenvalue weighted by atomic mass is 10.1. The maximum absolute atomic E-state index is 13.7. The van der Waals surface area contributed by atoms with Gasteiger partial charge >= 0.3 is 0 Å². The van der Waals surface area contributed by atoms with Crippen molar-refractivity contribution in [2.24, 2.45) is 4.99 Å². The van der Waals surface area contributed by atoms with Gasteiger partial charge in [0, 0.05) is 0 Å². The van der Waals surface area contributed by atoms with Crippen LogP contribution >= 0.6 is 12.2 Å². The normalized spacial score (nSPS) is 10.1. The highest BCUT2D eigenvalue weighted by atomic mass is 32.1. The first kappa shape index (κ1) is 17.9. The van der Waals surface area contributed by atoms with Crippen LogP contribution in [-0.2, 0) is 6.42 Å². The first-order valence-electron chi connectivity index (χ1n) is 6.48. The predicted molar refractivity (Wildman–Crippen MR) is 89.4 cm³/mol. The fraction of sp³-hybridized carbons (Fsp3) is 0.118. The molecule has 0 aromatic heterocycles. The van der Waals surface area contributed by atoms with Crippen LogP contribution in [0.25, 0.3) is 12.2 Å². The molecule has 0 amide bonds. The molecule has 2 nitrogen and oxygen atoms in total. The van der Waals surface area contributed by atoms with Gasteiger partial charge in [-0.1, -0.05) is 43.3 Å². The first-order valence-corrected chi connectivity index (χ1v) is 6.88. The van der Waals surface area contributed by atoms with E-state index in [1.807, 2.05) is 29.4 Å². The minimum absolute atomic E-state index is 0. The molecule has 0 aliphatic heterocycles. The summed E-state index contributed by atoms with van der Waals surface area (Å²) in [5, 5.41) is 1.96. The van der Waals surface area contributed by atoms with Crippen LogP contribution in [0.5, 0.6) is 0 Å². The van der Waals surface area contributed by atoms with Crippen molar-refractivity contribution in [1.82, 2.24) is 0 Å². The summed E-state index contributed by atoms with van der Waals surface area (Å²) < 4.78 is 27.3. The van der Waals surface area contributed by atoms with E-state index in [9.17, 15) is 8.78 Å². The molecule has 0 unspecified atom stereocenters. The molecule has 22 heavy (non-hydrogen) atoms. The van der Waals surface area contributed by atoms with E-state index in [1.54, 1.807) is 12.2 Å². The summed E-state index contributed by atoms with van der Waals surface area (Å²) in [4.78, 5) is 3.37. The van der Waals surface area contributed by atoms with Gasteiger partial charge in [-0.2, -0.15) is 4.99 Å². The number of hydrogen-bond acceptors (Lipinski definition) is 2. The molecule has 114 valence electrons. The number of nitrogens with zero attached hydrogens (tertiary/aromatic N) is 1. The van der Waals surface area contributed by atoms with Crippen molar-refractivity contribution in [3.05, 3.63) is 64.7 Å². The monoisotopic (exact) mass is 319 g/mol. The van der Waals surface area contributed by atoms with Gasteiger partial charge < -0.3 is 5.48 Å². The molecule has 0 heterocycles. The molecule has 2 N–H and O–H groups in total. The zero-order valence-corrected chi connectivity index (χ0v) is 12.8. The molecule has 2 aromatic carbocycles. The van der Waals surface area contributed by atoms with E-state index in [4.69, 9.17) is 0 Å². The second-order valence-corrected chi connectivity index (χ2v) is 4.65. The molecule has 5 heteroatoms. The van der Waals surface area contributed by atoms with Crippen molar-refractivity contribution in [2.75, 3.05) is 0 Å². The molecule has 0 saturated carbocycles. The van der Waals surface area contributed by atoms with Crippen LogP contribution < -0.4 is 0 Å². The Balaban J connectivity index is 0.00000242. The number of halogens is 2. The summed E-state index contributed by atoms with van der Waals surface area (Å²) in [6, 6.07) is 10.4. The summed E-state index contributed by atoms with van der Waals surface area (Å²) in [7, 11) is 0. The van der Waals surface area contributed by atoms with E-state index in [0.29, 0.717) is 5.56 Å². The third-order valence-electron chi connectivity index (χ3n) is 3.05. The first-order chi connectivity index (χ1) is 10.1. The van der Waals surface area contributed by atoms with E-state index >= 15 is 0 Å². The van der Waals surface area contributed by atoms with Crippen LogP contribution in [0.15, 0.2) is 41.4 Å². The highest BCUT2D eigenvalue weighted by Crippen LogP contribution is 2.24. The second-order valence-electron chi connectivity index (χ2n) is 4.46. The Bertz CT molecular complexity index is 697. The highest BCUT2D eigenvalue weighted by molar-refractivity contribution is 7.78. The number of rotatable bonds is 4. The SMILES string of the molecule is CCc1ccc(/C=C/c2cc(F)c(N=C=S)c(F)c2)cc1.O. The van der Waals surface area contributed by atoms with E-state index in [-0.39, 0.29) is 5.48 Å². The topological polar surface area (TPSA) is 43.9 Å². The molecule has 0 bridgehead atoms. The number of isothiocyanates is 1. The maximum atomic E-state index is 13.7. The standard InChI is InChI=1S/C17H13F2NS.H2O/c1-2-12-3-5-13(6-4-12)7-8-14-9-15(18)17(20-11-21)16(19)10-14;/h3-10H,2H2,1H3;1H2/b8-7+;. The summed E-state index contributed by atoms with van der Waals surface area (Å²) in [5.41, 5.74) is 2.22. The van der Waals surface area contributed by atoms with Gasteiger partial charge in [-0.3, -0.25) is 0 Å². The molecule has 0 spiro atoms. The van der Waals surface area contributed by atoms with Crippen molar-refractivity contribution in [3.8, 4) is 0 Å². The average molecular weight is 319 g/mol.